The van der Waals surface area contributed by atoms with Crippen LogP contribution in [0.25, 0.3) is 0 Å². The van der Waals surface area contributed by atoms with Crippen LogP contribution in [0, 0.1) is 0 Å². The van der Waals surface area contributed by atoms with Crippen LogP contribution in [0.4, 0.5) is 26.3 Å². The highest BCUT2D eigenvalue weighted by Crippen LogP contribution is 2.28. The average molecular weight is 331 g/mol. The molecule has 22 heavy (non-hydrogen) atoms. The fourth-order valence-corrected chi connectivity index (χ4v) is 1.38. The number of hydrogen-bond donors (Lipinski definition) is 1. The van der Waals surface area contributed by atoms with Crippen molar-refractivity contribution in [2.45, 2.75) is 12.4 Å². The molecule has 4 nitrogen and oxygen atoms in total. The summed E-state index contributed by atoms with van der Waals surface area (Å²) in [5.74, 6) is -1.57. The number of halogens is 6. The first kappa shape index (κ1) is 18.1. The normalized spacial score (nSPS) is 12.1. The van der Waals surface area contributed by atoms with E-state index in [-0.39, 0.29) is 11.3 Å². The Balaban J connectivity index is 2.96. The van der Waals surface area contributed by atoms with E-state index in [0.29, 0.717) is 0 Å². The highest BCUT2D eigenvalue weighted by atomic mass is 19.4. The Hall–Kier alpha value is -1.97. The zero-order valence-corrected chi connectivity index (χ0v) is 10.9. The van der Waals surface area contributed by atoms with E-state index in [0.717, 1.165) is 18.2 Å². The SMILES string of the molecule is NCC(=O)c1cc(OCC(F)(F)F)ccc1OCC(F)(F)F. The van der Waals surface area contributed by atoms with Crippen LogP contribution in [-0.2, 0) is 0 Å². The highest BCUT2D eigenvalue weighted by Gasteiger charge is 2.30. The molecule has 0 aliphatic heterocycles. The van der Waals surface area contributed by atoms with Gasteiger partial charge in [0.1, 0.15) is 11.5 Å². The zero-order valence-electron chi connectivity index (χ0n) is 10.9. The van der Waals surface area contributed by atoms with Gasteiger partial charge in [0.05, 0.1) is 12.1 Å². The van der Waals surface area contributed by atoms with Crippen molar-refractivity contribution in [3.8, 4) is 11.5 Å². The second-order valence-electron chi connectivity index (χ2n) is 4.09. The molecule has 0 aliphatic carbocycles. The van der Waals surface area contributed by atoms with Crippen molar-refractivity contribution < 1.29 is 40.6 Å². The maximum atomic E-state index is 12.1. The molecule has 0 radical (unpaired) electrons. The van der Waals surface area contributed by atoms with E-state index >= 15 is 0 Å². The van der Waals surface area contributed by atoms with Gasteiger partial charge in [-0.1, -0.05) is 0 Å². The summed E-state index contributed by atoms with van der Waals surface area (Å²) in [6, 6.07) is 2.73. The predicted molar refractivity (Wildman–Crippen MR) is 62.9 cm³/mol. The summed E-state index contributed by atoms with van der Waals surface area (Å²) in [6.07, 6.45) is -9.22. The Morgan fingerprint density at radius 1 is 1.00 bits per heavy atom. The molecule has 1 aromatic carbocycles. The first-order valence-electron chi connectivity index (χ1n) is 5.78. The predicted octanol–water partition coefficient (Wildman–Crippen LogP) is 2.71. The molecule has 0 heterocycles. The monoisotopic (exact) mass is 331 g/mol. The second-order valence-corrected chi connectivity index (χ2v) is 4.09. The van der Waals surface area contributed by atoms with Gasteiger partial charge in [-0.25, -0.2) is 0 Å². The van der Waals surface area contributed by atoms with Crippen molar-refractivity contribution in [1.82, 2.24) is 0 Å². The molecule has 0 fully saturated rings. The van der Waals surface area contributed by atoms with E-state index in [2.05, 4.69) is 9.47 Å². The van der Waals surface area contributed by atoms with E-state index in [1.807, 2.05) is 0 Å². The van der Waals surface area contributed by atoms with E-state index in [4.69, 9.17) is 5.73 Å². The van der Waals surface area contributed by atoms with Gasteiger partial charge >= 0.3 is 12.4 Å². The van der Waals surface area contributed by atoms with Crippen molar-refractivity contribution in [2.24, 2.45) is 5.73 Å². The first-order chi connectivity index (χ1) is 10.0. The van der Waals surface area contributed by atoms with Crippen LogP contribution in [0.2, 0.25) is 0 Å². The third kappa shape index (κ3) is 6.20. The van der Waals surface area contributed by atoms with Crippen LogP contribution in [0.3, 0.4) is 0 Å². The lowest BCUT2D eigenvalue weighted by molar-refractivity contribution is -0.154. The molecule has 0 atom stereocenters. The highest BCUT2D eigenvalue weighted by molar-refractivity contribution is 6.00. The maximum absolute atomic E-state index is 12.1. The molecule has 0 bridgehead atoms. The maximum Gasteiger partial charge on any atom is 0.422 e. The molecule has 0 saturated carbocycles. The third-order valence-corrected chi connectivity index (χ3v) is 2.23. The molecule has 10 heteroatoms. The molecule has 0 aliphatic rings. The Bertz CT molecular complexity index is 527. The number of benzene rings is 1. The molecular formula is C12H11F6NO3. The molecular weight excluding hydrogens is 320 g/mol. The van der Waals surface area contributed by atoms with Gasteiger partial charge < -0.3 is 15.2 Å². The molecule has 0 saturated heterocycles. The van der Waals surface area contributed by atoms with Crippen LogP contribution in [0.15, 0.2) is 18.2 Å². The Kier molecular flexibility index (Phi) is 5.64. The number of ketones is 1. The van der Waals surface area contributed by atoms with Crippen LogP contribution < -0.4 is 15.2 Å². The van der Waals surface area contributed by atoms with E-state index in [1.54, 1.807) is 0 Å². The van der Waals surface area contributed by atoms with Gasteiger partial charge in [-0.05, 0) is 18.2 Å². The van der Waals surface area contributed by atoms with E-state index in [9.17, 15) is 31.1 Å². The van der Waals surface area contributed by atoms with Gasteiger partial charge in [-0.2, -0.15) is 26.3 Å². The van der Waals surface area contributed by atoms with Gasteiger partial charge in [0.25, 0.3) is 0 Å². The molecule has 1 rings (SSSR count). The van der Waals surface area contributed by atoms with Crippen molar-refractivity contribution >= 4 is 5.78 Å². The summed E-state index contributed by atoms with van der Waals surface area (Å²) in [4.78, 5) is 11.5. The molecule has 0 amide bonds. The van der Waals surface area contributed by atoms with Gasteiger partial charge in [-0.15, -0.1) is 0 Å². The molecule has 0 unspecified atom stereocenters. The van der Waals surface area contributed by atoms with Crippen molar-refractivity contribution in [3.63, 3.8) is 0 Å². The van der Waals surface area contributed by atoms with Crippen molar-refractivity contribution in [2.75, 3.05) is 19.8 Å². The summed E-state index contributed by atoms with van der Waals surface area (Å²) in [5.41, 5.74) is 4.72. The minimum Gasteiger partial charge on any atom is -0.484 e. The standard InChI is InChI=1S/C12H11F6NO3/c13-11(14,15)5-21-7-1-2-10(22-6-12(16,17)18)8(3-7)9(20)4-19/h1-3H,4-6,19H2. The van der Waals surface area contributed by atoms with E-state index in [1.165, 1.54) is 0 Å². The number of ether oxygens (including phenoxy) is 2. The van der Waals surface area contributed by atoms with Crippen LogP contribution in [0.1, 0.15) is 10.4 Å². The summed E-state index contributed by atoms with van der Waals surface area (Å²) < 4.78 is 81.3. The van der Waals surface area contributed by atoms with Crippen LogP contribution in [-0.4, -0.2) is 37.9 Å². The smallest absolute Gasteiger partial charge is 0.422 e. The lowest BCUT2D eigenvalue weighted by Crippen LogP contribution is -2.22. The lowest BCUT2D eigenvalue weighted by Gasteiger charge is -2.14. The Morgan fingerprint density at radius 3 is 2.05 bits per heavy atom. The van der Waals surface area contributed by atoms with Gasteiger partial charge in [0.15, 0.2) is 19.0 Å². The number of carbonyl (C=O) groups excluding carboxylic acids is 1. The third-order valence-electron chi connectivity index (χ3n) is 2.23. The fourth-order valence-electron chi connectivity index (χ4n) is 1.38. The van der Waals surface area contributed by atoms with Gasteiger partial charge in [0, 0.05) is 0 Å². The number of hydrogen-bond acceptors (Lipinski definition) is 4. The van der Waals surface area contributed by atoms with Gasteiger partial charge in [-0.3, -0.25) is 4.79 Å². The number of rotatable bonds is 6. The molecule has 0 spiro atoms. The molecule has 124 valence electrons. The van der Waals surface area contributed by atoms with Crippen LogP contribution in [0.5, 0.6) is 11.5 Å². The minimum absolute atomic E-state index is 0.339. The second kappa shape index (κ2) is 6.86. The number of carbonyl (C=O) groups is 1. The zero-order chi connectivity index (χ0) is 17.0. The average Bonchev–Trinajstić information content (AvgIpc) is 2.40. The number of nitrogens with two attached hydrogens (primary N) is 1. The van der Waals surface area contributed by atoms with Crippen LogP contribution >= 0.6 is 0 Å². The summed E-state index contributed by atoms with van der Waals surface area (Å²) >= 11 is 0. The Labute approximate surface area is 120 Å². The van der Waals surface area contributed by atoms with Gasteiger partial charge in [0.2, 0.25) is 0 Å². The first-order valence-corrected chi connectivity index (χ1v) is 5.78. The van der Waals surface area contributed by atoms with Crippen molar-refractivity contribution in [1.29, 1.82) is 0 Å². The summed E-state index contributed by atoms with van der Waals surface area (Å²) in [5, 5.41) is 0. The number of Topliss-reactive ketones (excluding diaryl/α,β-unsaturated/α-hetero) is 1. The summed E-state index contributed by atoms with van der Waals surface area (Å²) in [7, 11) is 0. The van der Waals surface area contributed by atoms with E-state index < -0.39 is 43.6 Å². The summed E-state index contributed by atoms with van der Waals surface area (Å²) in [6.45, 7) is -3.81. The lowest BCUT2D eigenvalue weighted by atomic mass is 10.1. The topological polar surface area (TPSA) is 61.6 Å². The number of alkyl halides is 6. The largest absolute Gasteiger partial charge is 0.484 e. The molecule has 2 N–H and O–H groups in total. The fraction of sp³-hybridized carbons (Fsp3) is 0.417. The molecule has 1 aromatic rings. The minimum atomic E-state index is -4.63. The quantitative estimate of drug-likeness (QED) is 0.643. The molecule has 0 aromatic heterocycles. The van der Waals surface area contributed by atoms with Crippen molar-refractivity contribution in [3.05, 3.63) is 23.8 Å². The Morgan fingerprint density at radius 2 is 1.55 bits per heavy atom.